The van der Waals surface area contributed by atoms with E-state index >= 15 is 0 Å². The van der Waals surface area contributed by atoms with Crippen LogP contribution in [0.3, 0.4) is 0 Å². The van der Waals surface area contributed by atoms with Gasteiger partial charge in [0.2, 0.25) is 6.10 Å². The van der Waals surface area contributed by atoms with Gasteiger partial charge in [0.05, 0.1) is 18.2 Å². The first-order valence-corrected chi connectivity index (χ1v) is 8.74. The molecule has 0 bridgehead atoms. The van der Waals surface area contributed by atoms with Crippen LogP contribution in [0.1, 0.15) is 23.7 Å². The fourth-order valence-electron chi connectivity index (χ4n) is 2.58. The number of primary amides is 1. The maximum absolute atomic E-state index is 12.1. The van der Waals surface area contributed by atoms with Crippen LogP contribution in [-0.4, -0.2) is 25.1 Å². The summed E-state index contributed by atoms with van der Waals surface area (Å²) in [7, 11) is 0. The van der Waals surface area contributed by atoms with Crippen molar-refractivity contribution >= 4 is 29.6 Å². The number of fused-ring (bicyclic) bond motifs is 1. The Morgan fingerprint density at radius 1 is 1.15 bits per heavy atom. The summed E-state index contributed by atoms with van der Waals surface area (Å²) in [6.07, 6.45) is 2.33. The zero-order valence-electron chi connectivity index (χ0n) is 14.4. The van der Waals surface area contributed by atoms with E-state index in [4.69, 9.17) is 31.5 Å². The lowest BCUT2D eigenvalue weighted by Gasteiger charge is -2.13. The molecule has 1 heterocycles. The van der Waals surface area contributed by atoms with Gasteiger partial charge in [0.15, 0.2) is 11.5 Å². The van der Waals surface area contributed by atoms with Crippen molar-refractivity contribution in [2.24, 2.45) is 5.73 Å². The fourth-order valence-corrected chi connectivity index (χ4v) is 2.86. The largest absolute Gasteiger partial charge is 0.489 e. The molecule has 0 saturated carbocycles. The van der Waals surface area contributed by atoms with Crippen LogP contribution in [0.2, 0.25) is 5.02 Å². The van der Waals surface area contributed by atoms with Crippen LogP contribution in [0.4, 0.5) is 0 Å². The van der Waals surface area contributed by atoms with Crippen LogP contribution >= 0.6 is 11.6 Å². The molecule has 1 amide bonds. The quantitative estimate of drug-likeness (QED) is 0.628. The SMILES string of the molecule is NC(=O)C(OC(=O)C=Cc1cc(Cl)c2c(c1)OCCCO2)c1ccccc1. The molecule has 1 aliphatic heterocycles. The average Bonchev–Trinajstić information content (AvgIpc) is 2.91. The number of nitrogens with two attached hydrogens (primary N) is 1. The molecule has 1 aliphatic rings. The second kappa shape index (κ2) is 8.60. The number of hydrogen-bond acceptors (Lipinski definition) is 5. The van der Waals surface area contributed by atoms with Gasteiger partial charge in [-0.15, -0.1) is 0 Å². The maximum atomic E-state index is 12.1. The number of esters is 1. The lowest BCUT2D eigenvalue weighted by atomic mass is 10.1. The van der Waals surface area contributed by atoms with Crippen molar-refractivity contribution in [2.45, 2.75) is 12.5 Å². The number of carbonyl (C=O) groups is 2. The molecule has 0 aromatic heterocycles. The van der Waals surface area contributed by atoms with Gasteiger partial charge in [-0.05, 0) is 23.8 Å². The van der Waals surface area contributed by atoms with Crippen LogP contribution in [0, 0.1) is 0 Å². The van der Waals surface area contributed by atoms with E-state index in [1.54, 1.807) is 42.5 Å². The molecular weight excluding hydrogens is 370 g/mol. The molecule has 0 radical (unpaired) electrons. The first-order valence-electron chi connectivity index (χ1n) is 8.36. The third kappa shape index (κ3) is 4.80. The standard InChI is InChI=1S/C20H18ClNO5/c21-15-11-13(12-16-19(15)26-10-4-9-25-16)7-8-17(23)27-18(20(22)24)14-5-2-1-3-6-14/h1-3,5-8,11-12,18H,4,9-10H2,(H2,22,24). The van der Waals surface area contributed by atoms with Crippen molar-refractivity contribution in [3.05, 3.63) is 64.7 Å². The highest BCUT2D eigenvalue weighted by atomic mass is 35.5. The number of ether oxygens (including phenoxy) is 3. The minimum atomic E-state index is -1.16. The molecule has 0 fully saturated rings. The minimum Gasteiger partial charge on any atom is -0.489 e. The smallest absolute Gasteiger partial charge is 0.331 e. The molecule has 6 nitrogen and oxygen atoms in total. The highest BCUT2D eigenvalue weighted by Crippen LogP contribution is 2.38. The van der Waals surface area contributed by atoms with Crippen molar-refractivity contribution < 1.29 is 23.8 Å². The molecule has 2 aromatic carbocycles. The minimum absolute atomic E-state index is 0.390. The molecule has 0 aliphatic carbocycles. The van der Waals surface area contributed by atoms with Gasteiger partial charge < -0.3 is 19.9 Å². The summed E-state index contributed by atoms with van der Waals surface area (Å²) in [5.41, 5.74) is 6.49. The Balaban J connectivity index is 1.73. The summed E-state index contributed by atoms with van der Waals surface area (Å²) in [6.45, 7) is 1.05. The number of halogens is 1. The maximum Gasteiger partial charge on any atom is 0.331 e. The van der Waals surface area contributed by atoms with Gasteiger partial charge in [-0.3, -0.25) is 4.79 Å². The van der Waals surface area contributed by atoms with Crippen LogP contribution in [0.5, 0.6) is 11.5 Å². The van der Waals surface area contributed by atoms with E-state index in [0.29, 0.717) is 40.9 Å². The average molecular weight is 388 g/mol. The van der Waals surface area contributed by atoms with E-state index in [0.717, 1.165) is 6.42 Å². The Hall–Kier alpha value is -2.99. The van der Waals surface area contributed by atoms with Gasteiger partial charge in [-0.25, -0.2) is 4.79 Å². The summed E-state index contributed by atoms with van der Waals surface area (Å²) >= 11 is 6.22. The number of benzene rings is 2. The van der Waals surface area contributed by atoms with Crippen LogP contribution in [-0.2, 0) is 14.3 Å². The first kappa shape index (κ1) is 18.8. The summed E-state index contributed by atoms with van der Waals surface area (Å²) in [5, 5.41) is 0.390. The molecule has 2 N–H and O–H groups in total. The Morgan fingerprint density at radius 3 is 2.63 bits per heavy atom. The molecule has 2 aromatic rings. The number of amides is 1. The Bertz CT molecular complexity index is 866. The van der Waals surface area contributed by atoms with Gasteiger partial charge in [0, 0.05) is 18.1 Å². The van der Waals surface area contributed by atoms with E-state index in [9.17, 15) is 9.59 Å². The summed E-state index contributed by atoms with van der Waals surface area (Å²) in [5.74, 6) is -0.438. The van der Waals surface area contributed by atoms with Gasteiger partial charge >= 0.3 is 5.97 Å². The normalized spacial score (nSPS) is 14.4. The van der Waals surface area contributed by atoms with Crippen molar-refractivity contribution in [1.29, 1.82) is 0 Å². The first-order chi connectivity index (χ1) is 13.0. The van der Waals surface area contributed by atoms with Crippen LogP contribution in [0.15, 0.2) is 48.5 Å². The fraction of sp³-hybridized carbons (Fsp3) is 0.200. The second-order valence-electron chi connectivity index (χ2n) is 5.84. The highest BCUT2D eigenvalue weighted by Gasteiger charge is 2.21. The zero-order chi connectivity index (χ0) is 19.2. The zero-order valence-corrected chi connectivity index (χ0v) is 15.1. The summed E-state index contributed by atoms with van der Waals surface area (Å²) in [4.78, 5) is 23.7. The topological polar surface area (TPSA) is 87.9 Å². The van der Waals surface area contributed by atoms with E-state index in [2.05, 4.69) is 0 Å². The number of carbonyl (C=O) groups excluding carboxylic acids is 2. The van der Waals surface area contributed by atoms with E-state index in [1.807, 2.05) is 0 Å². The van der Waals surface area contributed by atoms with E-state index < -0.39 is 18.0 Å². The number of hydrogen-bond donors (Lipinski definition) is 1. The summed E-state index contributed by atoms with van der Waals surface area (Å²) < 4.78 is 16.4. The van der Waals surface area contributed by atoms with E-state index in [1.165, 1.54) is 12.2 Å². The lowest BCUT2D eigenvalue weighted by molar-refractivity contribution is -0.150. The molecule has 27 heavy (non-hydrogen) atoms. The molecular formula is C20H18ClNO5. The van der Waals surface area contributed by atoms with Gasteiger partial charge in [-0.2, -0.15) is 0 Å². The van der Waals surface area contributed by atoms with Crippen molar-refractivity contribution in [1.82, 2.24) is 0 Å². The Morgan fingerprint density at radius 2 is 1.89 bits per heavy atom. The third-order valence-corrected chi connectivity index (χ3v) is 4.11. The molecule has 1 atom stereocenters. The molecule has 7 heteroatoms. The van der Waals surface area contributed by atoms with Crippen LogP contribution < -0.4 is 15.2 Å². The highest BCUT2D eigenvalue weighted by molar-refractivity contribution is 6.32. The molecule has 0 saturated heterocycles. The van der Waals surface area contributed by atoms with Crippen molar-refractivity contribution in [2.75, 3.05) is 13.2 Å². The van der Waals surface area contributed by atoms with Crippen molar-refractivity contribution in [3.63, 3.8) is 0 Å². The summed E-state index contributed by atoms with van der Waals surface area (Å²) in [6, 6.07) is 12.0. The van der Waals surface area contributed by atoms with Crippen LogP contribution in [0.25, 0.3) is 6.08 Å². The molecule has 0 spiro atoms. The monoisotopic (exact) mass is 387 g/mol. The molecule has 140 valence electrons. The predicted molar refractivity (Wildman–Crippen MR) is 101 cm³/mol. The molecule has 3 rings (SSSR count). The van der Waals surface area contributed by atoms with Gasteiger partial charge in [0.1, 0.15) is 0 Å². The van der Waals surface area contributed by atoms with Crippen molar-refractivity contribution in [3.8, 4) is 11.5 Å². The third-order valence-electron chi connectivity index (χ3n) is 3.83. The lowest BCUT2D eigenvalue weighted by Crippen LogP contribution is -2.25. The van der Waals surface area contributed by atoms with E-state index in [-0.39, 0.29) is 0 Å². The van der Waals surface area contributed by atoms with Gasteiger partial charge in [0.25, 0.3) is 5.91 Å². The second-order valence-corrected chi connectivity index (χ2v) is 6.25. The Labute approximate surface area is 161 Å². The Kier molecular flexibility index (Phi) is 5.98. The number of rotatable bonds is 5. The predicted octanol–water partition coefficient (Wildman–Crippen LogP) is 3.28. The van der Waals surface area contributed by atoms with Gasteiger partial charge in [-0.1, -0.05) is 41.9 Å². The molecule has 1 unspecified atom stereocenters.